The van der Waals surface area contributed by atoms with Crippen molar-refractivity contribution in [3.8, 4) is 0 Å². The summed E-state index contributed by atoms with van der Waals surface area (Å²) in [5, 5.41) is 11.9. The minimum absolute atomic E-state index is 0.186. The lowest BCUT2D eigenvalue weighted by Gasteiger charge is -2.16. The molecule has 0 aliphatic heterocycles. The Balaban J connectivity index is 2.59. The Morgan fingerprint density at radius 3 is 2.47 bits per heavy atom. The van der Waals surface area contributed by atoms with E-state index in [1.54, 1.807) is 11.8 Å². The van der Waals surface area contributed by atoms with Crippen LogP contribution in [0.15, 0.2) is 30.3 Å². The fraction of sp³-hybridized carbons (Fsp3) is 0.429. The van der Waals surface area contributed by atoms with Gasteiger partial charge in [-0.2, -0.15) is 11.8 Å². The molecule has 0 spiro atoms. The number of hydrogen-bond acceptors (Lipinski definition) is 3. The van der Waals surface area contributed by atoms with Gasteiger partial charge >= 0.3 is 5.97 Å². The summed E-state index contributed by atoms with van der Waals surface area (Å²) in [5.74, 6) is -1.22. The molecule has 0 aliphatic carbocycles. The highest BCUT2D eigenvalue weighted by Crippen LogP contribution is 2.10. The average Bonchev–Trinajstić information content (AvgIpc) is 2.38. The number of hydrogen-bond donors (Lipinski definition) is 2. The Bertz CT molecular complexity index is 422. The lowest BCUT2D eigenvalue weighted by molar-refractivity contribution is -0.141. The molecule has 0 heterocycles. The second-order valence-corrected chi connectivity index (χ2v) is 5.67. The highest BCUT2D eigenvalue weighted by molar-refractivity contribution is 7.99. The lowest BCUT2D eigenvalue weighted by Crippen LogP contribution is -2.42. The smallest absolute Gasteiger partial charge is 0.326 e. The van der Waals surface area contributed by atoms with Crippen molar-refractivity contribution >= 4 is 23.6 Å². The molecule has 0 saturated carbocycles. The first-order valence-electron chi connectivity index (χ1n) is 6.11. The molecule has 4 nitrogen and oxygen atoms in total. The first kappa shape index (κ1) is 15.6. The summed E-state index contributed by atoms with van der Waals surface area (Å²) in [6.45, 7) is 1.94. The maximum absolute atomic E-state index is 11.7. The number of nitrogens with one attached hydrogen (secondary N) is 1. The van der Waals surface area contributed by atoms with E-state index >= 15 is 0 Å². The summed E-state index contributed by atoms with van der Waals surface area (Å²) in [5.41, 5.74) is 0.896. The average molecular weight is 281 g/mol. The molecule has 0 aromatic heterocycles. The van der Waals surface area contributed by atoms with E-state index in [4.69, 9.17) is 5.11 Å². The van der Waals surface area contributed by atoms with Crippen LogP contribution in [0.4, 0.5) is 0 Å². The predicted molar refractivity (Wildman–Crippen MR) is 77.3 cm³/mol. The summed E-state index contributed by atoms with van der Waals surface area (Å²) < 4.78 is 0. The number of carbonyl (C=O) groups is 2. The van der Waals surface area contributed by atoms with Crippen LogP contribution in [-0.4, -0.2) is 34.5 Å². The quantitative estimate of drug-likeness (QED) is 0.801. The number of thioether (sulfide) groups is 1. The Labute approximate surface area is 117 Å². The van der Waals surface area contributed by atoms with E-state index in [1.165, 1.54) is 0 Å². The van der Waals surface area contributed by atoms with E-state index in [0.29, 0.717) is 12.8 Å². The first-order valence-corrected chi connectivity index (χ1v) is 7.40. The Hall–Kier alpha value is -1.49. The zero-order valence-electron chi connectivity index (χ0n) is 11.1. The van der Waals surface area contributed by atoms with Crippen LogP contribution in [0.2, 0.25) is 0 Å². The summed E-state index contributed by atoms with van der Waals surface area (Å²) in [6.07, 6.45) is 2.56. The number of amides is 1. The van der Waals surface area contributed by atoms with Crippen LogP contribution in [0, 0.1) is 0 Å². The molecule has 0 aliphatic rings. The highest BCUT2D eigenvalue weighted by atomic mass is 32.2. The zero-order chi connectivity index (χ0) is 14.3. The number of carboxylic acids is 1. The zero-order valence-corrected chi connectivity index (χ0v) is 11.9. The highest BCUT2D eigenvalue weighted by Gasteiger charge is 2.21. The van der Waals surface area contributed by atoms with E-state index in [0.717, 1.165) is 5.56 Å². The minimum atomic E-state index is -1.01. The van der Waals surface area contributed by atoms with Gasteiger partial charge in [0.2, 0.25) is 5.91 Å². The third-order valence-electron chi connectivity index (χ3n) is 2.79. The van der Waals surface area contributed by atoms with Crippen LogP contribution in [-0.2, 0) is 16.0 Å². The van der Waals surface area contributed by atoms with Crippen LogP contribution in [0.3, 0.4) is 0 Å². The van der Waals surface area contributed by atoms with Gasteiger partial charge in [0, 0.05) is 18.1 Å². The maximum Gasteiger partial charge on any atom is 0.326 e. The minimum Gasteiger partial charge on any atom is -0.480 e. The molecule has 0 bridgehead atoms. The van der Waals surface area contributed by atoms with Gasteiger partial charge in [-0.3, -0.25) is 4.79 Å². The third kappa shape index (κ3) is 5.79. The van der Waals surface area contributed by atoms with Crippen molar-refractivity contribution in [3.63, 3.8) is 0 Å². The Morgan fingerprint density at radius 1 is 1.32 bits per heavy atom. The van der Waals surface area contributed by atoms with Crippen molar-refractivity contribution in [1.82, 2.24) is 5.32 Å². The predicted octanol–water partition coefficient (Wildman–Crippen LogP) is 1.94. The van der Waals surface area contributed by atoms with Gasteiger partial charge in [-0.1, -0.05) is 37.3 Å². The van der Waals surface area contributed by atoms with Crippen molar-refractivity contribution in [2.75, 3.05) is 6.26 Å². The SMILES string of the molecule is CSC(C)CC(=O)NC(Cc1ccccc1)C(=O)O. The first-order chi connectivity index (χ1) is 9.02. The molecule has 1 rings (SSSR count). The fourth-order valence-electron chi connectivity index (χ4n) is 1.65. The molecule has 0 saturated heterocycles. The number of carboxylic acid groups (broad SMARTS) is 1. The molecular formula is C14H19NO3S. The summed E-state index contributed by atoms with van der Waals surface area (Å²) >= 11 is 1.58. The summed E-state index contributed by atoms with van der Waals surface area (Å²) in [7, 11) is 0. The van der Waals surface area contributed by atoms with Gasteiger partial charge < -0.3 is 10.4 Å². The van der Waals surface area contributed by atoms with E-state index < -0.39 is 12.0 Å². The van der Waals surface area contributed by atoms with Crippen LogP contribution in [0.5, 0.6) is 0 Å². The normalized spacial score (nSPS) is 13.6. The third-order valence-corrected chi connectivity index (χ3v) is 3.76. The van der Waals surface area contributed by atoms with Gasteiger partial charge in [-0.25, -0.2) is 4.79 Å². The molecule has 2 atom stereocenters. The fourth-order valence-corrected chi connectivity index (χ4v) is 1.97. The second-order valence-electron chi connectivity index (χ2n) is 4.40. The van der Waals surface area contributed by atoms with Crippen molar-refractivity contribution in [3.05, 3.63) is 35.9 Å². The number of aliphatic carboxylic acids is 1. The second kappa shape index (κ2) is 7.84. The van der Waals surface area contributed by atoms with Crippen molar-refractivity contribution < 1.29 is 14.7 Å². The molecule has 2 unspecified atom stereocenters. The monoisotopic (exact) mass is 281 g/mol. The van der Waals surface area contributed by atoms with Gasteiger partial charge in [0.1, 0.15) is 6.04 Å². The maximum atomic E-state index is 11.7. The van der Waals surface area contributed by atoms with Crippen LogP contribution >= 0.6 is 11.8 Å². The van der Waals surface area contributed by atoms with Crippen molar-refractivity contribution in [2.24, 2.45) is 0 Å². The van der Waals surface area contributed by atoms with Crippen LogP contribution < -0.4 is 5.32 Å². The Morgan fingerprint density at radius 2 is 1.95 bits per heavy atom. The van der Waals surface area contributed by atoms with E-state index in [-0.39, 0.29) is 11.2 Å². The van der Waals surface area contributed by atoms with Gasteiger partial charge in [-0.15, -0.1) is 0 Å². The molecular weight excluding hydrogens is 262 g/mol. The molecule has 0 radical (unpaired) electrons. The van der Waals surface area contributed by atoms with Gasteiger partial charge in [0.05, 0.1) is 0 Å². The molecule has 0 fully saturated rings. The van der Waals surface area contributed by atoms with Crippen LogP contribution in [0.1, 0.15) is 18.9 Å². The van der Waals surface area contributed by atoms with Crippen LogP contribution in [0.25, 0.3) is 0 Å². The van der Waals surface area contributed by atoms with E-state index in [9.17, 15) is 9.59 Å². The van der Waals surface area contributed by atoms with Crippen molar-refractivity contribution in [1.29, 1.82) is 0 Å². The summed E-state index contributed by atoms with van der Waals surface area (Å²) in [6, 6.07) is 8.42. The molecule has 2 N–H and O–H groups in total. The molecule has 1 amide bonds. The number of benzene rings is 1. The Kier molecular flexibility index (Phi) is 6.42. The molecule has 1 aromatic rings. The summed E-state index contributed by atoms with van der Waals surface area (Å²) in [4.78, 5) is 22.9. The van der Waals surface area contributed by atoms with E-state index in [1.807, 2.05) is 43.5 Å². The molecule has 5 heteroatoms. The lowest BCUT2D eigenvalue weighted by atomic mass is 10.1. The number of rotatable bonds is 7. The standard InChI is InChI=1S/C14H19NO3S/c1-10(19-2)8-13(16)15-12(14(17)18)9-11-6-4-3-5-7-11/h3-7,10,12H,8-9H2,1-2H3,(H,15,16)(H,17,18). The molecule has 19 heavy (non-hydrogen) atoms. The van der Waals surface area contributed by atoms with Crippen molar-refractivity contribution in [2.45, 2.75) is 31.1 Å². The molecule has 104 valence electrons. The molecule has 1 aromatic carbocycles. The van der Waals surface area contributed by atoms with Gasteiger partial charge in [-0.05, 0) is 11.8 Å². The topological polar surface area (TPSA) is 66.4 Å². The van der Waals surface area contributed by atoms with E-state index in [2.05, 4.69) is 5.32 Å². The number of carbonyl (C=O) groups excluding carboxylic acids is 1. The van der Waals surface area contributed by atoms with Gasteiger partial charge in [0.25, 0.3) is 0 Å². The largest absolute Gasteiger partial charge is 0.480 e. The van der Waals surface area contributed by atoms with Gasteiger partial charge in [0.15, 0.2) is 0 Å².